The van der Waals surface area contributed by atoms with E-state index in [0.717, 1.165) is 30.8 Å². The zero-order valence-corrected chi connectivity index (χ0v) is 13.2. The van der Waals surface area contributed by atoms with Crippen LogP contribution < -0.4 is 15.4 Å². The maximum absolute atomic E-state index is 12.6. The first kappa shape index (κ1) is 15.1. The zero-order valence-electron chi connectivity index (χ0n) is 13.2. The van der Waals surface area contributed by atoms with Crippen LogP contribution in [-0.2, 0) is 16.1 Å². The molecule has 2 fully saturated rings. The van der Waals surface area contributed by atoms with Gasteiger partial charge in [0.1, 0.15) is 17.9 Å². The molecule has 24 heavy (non-hydrogen) atoms. The minimum Gasteiger partial charge on any atom is -0.489 e. The van der Waals surface area contributed by atoms with Gasteiger partial charge >= 0.3 is 0 Å². The zero-order chi connectivity index (χ0) is 16.7. The molecule has 7 nitrogen and oxygen atoms in total. The van der Waals surface area contributed by atoms with Gasteiger partial charge in [0, 0.05) is 25.1 Å². The monoisotopic (exact) mass is 329 g/mol. The number of nitrogens with zero attached hydrogens (tertiary/aromatic N) is 1. The predicted molar refractivity (Wildman–Crippen MR) is 84.4 cm³/mol. The number of rotatable bonds is 3. The summed E-state index contributed by atoms with van der Waals surface area (Å²) in [5.74, 6) is -0.0730. The molecular formula is C17H19N3O4. The number of carbonyl (C=O) groups excluding carboxylic acids is 3. The maximum atomic E-state index is 12.6. The molecule has 0 unspecified atom stereocenters. The molecule has 3 amide bonds. The smallest absolute Gasteiger partial charge is 0.255 e. The second kappa shape index (κ2) is 5.90. The Bertz CT molecular complexity index is 712. The number of amides is 3. The van der Waals surface area contributed by atoms with Crippen molar-refractivity contribution in [1.82, 2.24) is 15.5 Å². The van der Waals surface area contributed by atoms with Gasteiger partial charge in [-0.2, -0.15) is 0 Å². The number of imide groups is 1. The lowest BCUT2D eigenvalue weighted by molar-refractivity contribution is -0.136. The molecule has 0 aromatic heterocycles. The molecule has 1 aromatic rings. The van der Waals surface area contributed by atoms with E-state index < -0.39 is 6.04 Å². The molecule has 2 N–H and O–H groups in total. The van der Waals surface area contributed by atoms with Gasteiger partial charge in [0.05, 0.1) is 0 Å². The quantitative estimate of drug-likeness (QED) is 0.773. The molecule has 3 heterocycles. The normalized spacial score (nSPS) is 26.5. The van der Waals surface area contributed by atoms with E-state index in [2.05, 4.69) is 10.6 Å². The molecule has 0 bridgehead atoms. The van der Waals surface area contributed by atoms with Gasteiger partial charge in [-0.1, -0.05) is 0 Å². The number of benzene rings is 1. The van der Waals surface area contributed by atoms with Crippen molar-refractivity contribution in [2.24, 2.45) is 0 Å². The second-order valence-corrected chi connectivity index (χ2v) is 6.45. The van der Waals surface area contributed by atoms with Crippen LogP contribution in [0.25, 0.3) is 0 Å². The van der Waals surface area contributed by atoms with Crippen LogP contribution in [0.3, 0.4) is 0 Å². The summed E-state index contributed by atoms with van der Waals surface area (Å²) in [5, 5.41) is 5.56. The van der Waals surface area contributed by atoms with E-state index in [1.807, 2.05) is 12.1 Å². The van der Waals surface area contributed by atoms with E-state index in [1.165, 1.54) is 0 Å². The van der Waals surface area contributed by atoms with Gasteiger partial charge < -0.3 is 15.0 Å². The van der Waals surface area contributed by atoms with Crippen molar-refractivity contribution in [3.63, 3.8) is 0 Å². The van der Waals surface area contributed by atoms with Crippen LogP contribution in [0.15, 0.2) is 18.2 Å². The summed E-state index contributed by atoms with van der Waals surface area (Å²) < 4.78 is 5.94. The van der Waals surface area contributed by atoms with E-state index >= 15 is 0 Å². The Morgan fingerprint density at radius 3 is 2.79 bits per heavy atom. The first-order valence-corrected chi connectivity index (χ1v) is 8.27. The number of fused-ring (bicyclic) bond motifs is 1. The van der Waals surface area contributed by atoms with Gasteiger partial charge in [-0.15, -0.1) is 0 Å². The third-order valence-electron chi connectivity index (χ3n) is 4.81. The summed E-state index contributed by atoms with van der Waals surface area (Å²) in [6, 6.07) is 4.88. The highest BCUT2D eigenvalue weighted by atomic mass is 16.5. The standard InChI is InChI=1S/C17H19N3O4/c21-15-4-3-14(16(22)19-15)20-9-10-7-11(1-2-13(10)17(20)23)24-12-5-6-18-8-12/h1-2,7,12,14,18H,3-6,8-9H2,(H,19,21,22)/t12-,14+/m1/s1. The van der Waals surface area contributed by atoms with Crippen molar-refractivity contribution in [3.8, 4) is 5.75 Å². The second-order valence-electron chi connectivity index (χ2n) is 6.45. The molecule has 0 radical (unpaired) electrons. The lowest BCUT2D eigenvalue weighted by Crippen LogP contribution is -2.52. The minimum absolute atomic E-state index is 0.159. The van der Waals surface area contributed by atoms with Crippen molar-refractivity contribution in [1.29, 1.82) is 0 Å². The Kier molecular flexibility index (Phi) is 3.72. The largest absolute Gasteiger partial charge is 0.489 e. The first-order chi connectivity index (χ1) is 11.6. The third kappa shape index (κ3) is 2.65. The molecular weight excluding hydrogens is 310 g/mol. The van der Waals surface area contributed by atoms with E-state index in [9.17, 15) is 14.4 Å². The Morgan fingerprint density at radius 1 is 1.17 bits per heavy atom. The summed E-state index contributed by atoms with van der Waals surface area (Å²) in [7, 11) is 0. The highest BCUT2D eigenvalue weighted by Gasteiger charge is 2.39. The van der Waals surface area contributed by atoms with Crippen LogP contribution in [0, 0.1) is 0 Å². The molecule has 126 valence electrons. The van der Waals surface area contributed by atoms with Crippen LogP contribution >= 0.6 is 0 Å². The number of hydrogen-bond acceptors (Lipinski definition) is 5. The summed E-state index contributed by atoms with van der Waals surface area (Å²) in [4.78, 5) is 37.5. The van der Waals surface area contributed by atoms with Crippen LogP contribution in [0.1, 0.15) is 35.2 Å². The highest BCUT2D eigenvalue weighted by Crippen LogP contribution is 2.30. The van der Waals surface area contributed by atoms with Gasteiger partial charge in [-0.25, -0.2) is 0 Å². The maximum Gasteiger partial charge on any atom is 0.255 e. The average molecular weight is 329 g/mol. The Labute approximate surface area is 139 Å². The third-order valence-corrected chi connectivity index (χ3v) is 4.81. The fourth-order valence-electron chi connectivity index (χ4n) is 3.55. The predicted octanol–water partition coefficient (Wildman–Crippen LogP) is 0.188. The Morgan fingerprint density at radius 2 is 2.04 bits per heavy atom. The number of nitrogens with one attached hydrogen (secondary N) is 2. The van der Waals surface area contributed by atoms with Crippen LogP contribution in [-0.4, -0.2) is 47.9 Å². The van der Waals surface area contributed by atoms with Gasteiger partial charge in [-0.05, 0) is 43.1 Å². The molecule has 1 aromatic carbocycles. The molecule has 0 aliphatic carbocycles. The van der Waals surface area contributed by atoms with Gasteiger partial charge in [0.25, 0.3) is 5.91 Å². The number of ether oxygens (including phenoxy) is 1. The van der Waals surface area contributed by atoms with E-state index in [0.29, 0.717) is 18.5 Å². The van der Waals surface area contributed by atoms with Gasteiger partial charge in [-0.3, -0.25) is 19.7 Å². The Hall–Kier alpha value is -2.41. The summed E-state index contributed by atoms with van der Waals surface area (Å²) in [5.41, 5.74) is 1.48. The summed E-state index contributed by atoms with van der Waals surface area (Å²) >= 11 is 0. The van der Waals surface area contributed by atoms with E-state index in [-0.39, 0.29) is 30.2 Å². The van der Waals surface area contributed by atoms with Crippen molar-refractivity contribution >= 4 is 17.7 Å². The van der Waals surface area contributed by atoms with Gasteiger partial charge in [0.15, 0.2) is 0 Å². The van der Waals surface area contributed by atoms with Crippen LogP contribution in [0.2, 0.25) is 0 Å². The van der Waals surface area contributed by atoms with E-state index in [4.69, 9.17) is 4.74 Å². The molecule has 3 aliphatic rings. The molecule has 7 heteroatoms. The van der Waals surface area contributed by atoms with Crippen molar-refractivity contribution < 1.29 is 19.1 Å². The lowest BCUT2D eigenvalue weighted by atomic mass is 10.0. The topological polar surface area (TPSA) is 87.7 Å². The molecule has 2 saturated heterocycles. The van der Waals surface area contributed by atoms with Crippen molar-refractivity contribution in [2.75, 3.05) is 13.1 Å². The fraction of sp³-hybridized carbons (Fsp3) is 0.471. The molecule has 0 spiro atoms. The first-order valence-electron chi connectivity index (χ1n) is 8.27. The highest BCUT2D eigenvalue weighted by molar-refractivity contribution is 6.05. The molecule has 0 saturated carbocycles. The van der Waals surface area contributed by atoms with Crippen LogP contribution in [0.4, 0.5) is 0 Å². The number of hydrogen-bond donors (Lipinski definition) is 2. The average Bonchev–Trinajstić information content (AvgIpc) is 3.16. The summed E-state index contributed by atoms with van der Waals surface area (Å²) in [6.07, 6.45) is 1.77. The SMILES string of the molecule is O=C1CC[C@H](N2Cc3cc(O[C@@H]4CCNC4)ccc3C2=O)C(=O)N1. The molecule has 2 atom stereocenters. The molecule has 3 aliphatic heterocycles. The van der Waals surface area contributed by atoms with Crippen molar-refractivity contribution in [3.05, 3.63) is 29.3 Å². The Balaban J connectivity index is 1.51. The number of carbonyl (C=O) groups is 3. The van der Waals surface area contributed by atoms with Gasteiger partial charge in [0.2, 0.25) is 11.8 Å². The van der Waals surface area contributed by atoms with Crippen molar-refractivity contribution in [2.45, 2.75) is 38.0 Å². The number of piperidine rings is 1. The van der Waals surface area contributed by atoms with E-state index in [1.54, 1.807) is 11.0 Å². The molecule has 4 rings (SSSR count). The fourth-order valence-corrected chi connectivity index (χ4v) is 3.55. The minimum atomic E-state index is -0.578. The van der Waals surface area contributed by atoms with Crippen LogP contribution in [0.5, 0.6) is 5.75 Å². The lowest BCUT2D eigenvalue weighted by Gasteiger charge is -2.29. The summed E-state index contributed by atoms with van der Waals surface area (Å²) in [6.45, 7) is 2.16.